The van der Waals surface area contributed by atoms with Crippen molar-refractivity contribution in [2.45, 2.75) is 18.8 Å². The molecular weight excluding hydrogens is 276 g/mol. The van der Waals surface area contributed by atoms with Crippen LogP contribution in [0.4, 0.5) is 0 Å². The predicted molar refractivity (Wildman–Crippen MR) is 85.5 cm³/mol. The minimum atomic E-state index is -0.431. The number of likely N-dealkylation sites (tertiary alicyclic amines) is 1. The maximum Gasteiger partial charge on any atom is 0.248 e. The van der Waals surface area contributed by atoms with Crippen molar-refractivity contribution in [3.8, 4) is 11.3 Å². The number of benzene rings is 1. The molecule has 1 saturated heterocycles. The number of carbonyl (C=O) groups excluding carboxylic acids is 1. The number of primary amides is 1. The Bertz CT molecular complexity index is 686. The van der Waals surface area contributed by atoms with E-state index in [4.69, 9.17) is 10.7 Å². The Morgan fingerprint density at radius 2 is 2.23 bits per heavy atom. The van der Waals surface area contributed by atoms with Gasteiger partial charge in [-0.2, -0.15) is 0 Å². The van der Waals surface area contributed by atoms with Crippen LogP contribution in [-0.4, -0.2) is 40.9 Å². The molecule has 114 valence electrons. The monoisotopic (exact) mass is 296 g/mol. The highest BCUT2D eigenvalue weighted by Gasteiger charge is 2.20. The fraction of sp³-hybridized carbons (Fsp3) is 0.353. The van der Waals surface area contributed by atoms with Crippen LogP contribution >= 0.6 is 0 Å². The number of amides is 1. The van der Waals surface area contributed by atoms with E-state index in [1.54, 1.807) is 18.3 Å². The maximum atomic E-state index is 11.3. The molecule has 0 saturated carbocycles. The number of nitrogens with two attached hydrogens (primary N) is 1. The number of likely N-dealkylation sites (N-methyl/N-ethyl adjacent to an activating group) is 1. The van der Waals surface area contributed by atoms with Gasteiger partial charge in [0, 0.05) is 29.8 Å². The Labute approximate surface area is 130 Å². The van der Waals surface area contributed by atoms with Gasteiger partial charge in [0.15, 0.2) is 0 Å². The molecule has 22 heavy (non-hydrogen) atoms. The van der Waals surface area contributed by atoms with Gasteiger partial charge in [0.25, 0.3) is 0 Å². The molecule has 2 heterocycles. The number of hydrogen-bond donors (Lipinski definition) is 1. The molecule has 1 amide bonds. The summed E-state index contributed by atoms with van der Waals surface area (Å²) >= 11 is 0. The van der Waals surface area contributed by atoms with Crippen LogP contribution in [0.25, 0.3) is 11.3 Å². The lowest BCUT2D eigenvalue weighted by Crippen LogP contribution is -2.31. The first-order valence-electron chi connectivity index (χ1n) is 7.54. The van der Waals surface area contributed by atoms with E-state index in [-0.39, 0.29) is 0 Å². The summed E-state index contributed by atoms with van der Waals surface area (Å²) in [5, 5.41) is 0. The van der Waals surface area contributed by atoms with Crippen molar-refractivity contribution >= 4 is 5.91 Å². The first kappa shape index (κ1) is 14.7. The van der Waals surface area contributed by atoms with Gasteiger partial charge in [-0.25, -0.2) is 4.98 Å². The Morgan fingerprint density at radius 1 is 1.36 bits per heavy atom. The van der Waals surface area contributed by atoms with Crippen molar-refractivity contribution in [1.29, 1.82) is 0 Å². The van der Waals surface area contributed by atoms with Crippen LogP contribution in [0.3, 0.4) is 0 Å². The summed E-state index contributed by atoms with van der Waals surface area (Å²) in [6.45, 7) is 2.16. The van der Waals surface area contributed by atoms with Crippen molar-refractivity contribution in [3.63, 3.8) is 0 Å². The molecule has 3 rings (SSSR count). The van der Waals surface area contributed by atoms with Crippen LogP contribution < -0.4 is 5.73 Å². The first-order chi connectivity index (χ1) is 10.6. The third-order valence-corrected chi connectivity index (χ3v) is 4.14. The lowest BCUT2D eigenvalue weighted by molar-refractivity contribution is 0.100. The lowest BCUT2D eigenvalue weighted by Gasteiger charge is -2.29. The highest BCUT2D eigenvalue weighted by atomic mass is 16.1. The average molecular weight is 296 g/mol. The minimum Gasteiger partial charge on any atom is -0.366 e. The molecule has 0 spiro atoms. The number of rotatable bonds is 3. The number of carbonyl (C=O) groups is 1. The van der Waals surface area contributed by atoms with E-state index in [9.17, 15) is 4.79 Å². The first-order valence-corrected chi connectivity index (χ1v) is 7.54. The van der Waals surface area contributed by atoms with Gasteiger partial charge in [-0.1, -0.05) is 12.1 Å². The van der Waals surface area contributed by atoms with Gasteiger partial charge in [-0.05, 0) is 38.6 Å². The molecule has 0 radical (unpaired) electrons. The normalized spacial score (nSPS) is 19.0. The Balaban J connectivity index is 1.90. The van der Waals surface area contributed by atoms with E-state index >= 15 is 0 Å². The molecule has 0 bridgehead atoms. The number of nitrogens with zero attached hydrogens (tertiary/aromatic N) is 3. The van der Waals surface area contributed by atoms with E-state index in [0.29, 0.717) is 11.5 Å². The molecule has 1 aliphatic rings. The molecule has 0 aliphatic carbocycles. The third kappa shape index (κ3) is 3.14. The van der Waals surface area contributed by atoms with Crippen molar-refractivity contribution < 1.29 is 4.79 Å². The summed E-state index contributed by atoms with van der Waals surface area (Å²) in [5.41, 5.74) is 8.51. The zero-order chi connectivity index (χ0) is 15.5. The second kappa shape index (κ2) is 6.23. The van der Waals surface area contributed by atoms with E-state index in [1.165, 1.54) is 6.42 Å². The fourth-order valence-corrected chi connectivity index (χ4v) is 2.96. The summed E-state index contributed by atoms with van der Waals surface area (Å²) in [6, 6.07) is 7.22. The summed E-state index contributed by atoms with van der Waals surface area (Å²) in [4.78, 5) is 22.7. The molecule has 2 N–H and O–H groups in total. The number of piperidine rings is 1. The van der Waals surface area contributed by atoms with E-state index < -0.39 is 5.91 Å². The summed E-state index contributed by atoms with van der Waals surface area (Å²) in [7, 11) is 2.14. The molecule has 2 aromatic rings. The zero-order valence-electron chi connectivity index (χ0n) is 12.7. The summed E-state index contributed by atoms with van der Waals surface area (Å²) in [5.74, 6) is -0.00890. The van der Waals surface area contributed by atoms with Gasteiger partial charge >= 0.3 is 0 Å². The fourth-order valence-electron chi connectivity index (χ4n) is 2.96. The van der Waals surface area contributed by atoms with Crippen molar-refractivity contribution in [1.82, 2.24) is 14.9 Å². The standard InChI is InChI=1S/C17H20N4O/c1-21-7-3-6-14(11-21)16-10-19-9-15(20-16)12-4-2-5-13(8-12)17(18)22/h2,4-5,8-10,14H,3,6-7,11H2,1H3,(H2,18,22)/t14-/m1/s1. The van der Waals surface area contributed by atoms with Crippen LogP contribution in [0.15, 0.2) is 36.7 Å². The van der Waals surface area contributed by atoms with Gasteiger partial charge in [0.1, 0.15) is 0 Å². The molecule has 1 aromatic carbocycles. The summed E-state index contributed by atoms with van der Waals surface area (Å²) in [6.07, 6.45) is 5.91. The molecule has 1 aliphatic heterocycles. The lowest BCUT2D eigenvalue weighted by atomic mass is 9.95. The average Bonchev–Trinajstić information content (AvgIpc) is 2.55. The Kier molecular flexibility index (Phi) is 4.15. The van der Waals surface area contributed by atoms with Gasteiger partial charge in [-0.15, -0.1) is 0 Å². The Morgan fingerprint density at radius 3 is 3.00 bits per heavy atom. The van der Waals surface area contributed by atoms with E-state index in [1.807, 2.05) is 18.3 Å². The predicted octanol–water partition coefficient (Wildman–Crippen LogP) is 2.05. The zero-order valence-corrected chi connectivity index (χ0v) is 12.7. The quantitative estimate of drug-likeness (QED) is 0.941. The number of aromatic nitrogens is 2. The third-order valence-electron chi connectivity index (χ3n) is 4.14. The van der Waals surface area contributed by atoms with Crippen LogP contribution in [0, 0.1) is 0 Å². The summed E-state index contributed by atoms with van der Waals surface area (Å²) < 4.78 is 0. The largest absolute Gasteiger partial charge is 0.366 e. The van der Waals surface area contributed by atoms with Crippen molar-refractivity contribution in [3.05, 3.63) is 47.9 Å². The van der Waals surface area contributed by atoms with Crippen LogP contribution in [0.1, 0.15) is 34.8 Å². The van der Waals surface area contributed by atoms with Crippen molar-refractivity contribution in [2.24, 2.45) is 5.73 Å². The number of hydrogen-bond acceptors (Lipinski definition) is 4. The molecule has 1 fully saturated rings. The molecule has 1 atom stereocenters. The van der Waals surface area contributed by atoms with E-state index in [0.717, 1.165) is 36.5 Å². The molecule has 1 aromatic heterocycles. The molecule has 5 nitrogen and oxygen atoms in total. The Hall–Kier alpha value is -2.27. The second-order valence-corrected chi connectivity index (χ2v) is 5.88. The second-order valence-electron chi connectivity index (χ2n) is 5.88. The molecule has 5 heteroatoms. The van der Waals surface area contributed by atoms with Crippen LogP contribution in [0.2, 0.25) is 0 Å². The topological polar surface area (TPSA) is 72.1 Å². The highest BCUT2D eigenvalue weighted by Crippen LogP contribution is 2.26. The van der Waals surface area contributed by atoms with Crippen LogP contribution in [-0.2, 0) is 0 Å². The van der Waals surface area contributed by atoms with Crippen molar-refractivity contribution in [2.75, 3.05) is 20.1 Å². The maximum absolute atomic E-state index is 11.3. The SMILES string of the molecule is CN1CCC[C@@H](c2cncc(-c3cccc(C(N)=O)c3)n2)C1. The van der Waals surface area contributed by atoms with Gasteiger partial charge in [0.2, 0.25) is 5.91 Å². The van der Waals surface area contributed by atoms with Gasteiger partial charge in [0.05, 0.1) is 17.6 Å². The highest BCUT2D eigenvalue weighted by molar-refractivity contribution is 5.93. The van der Waals surface area contributed by atoms with Gasteiger partial charge < -0.3 is 10.6 Å². The smallest absolute Gasteiger partial charge is 0.248 e. The molecule has 0 unspecified atom stereocenters. The minimum absolute atomic E-state index is 0.422. The van der Waals surface area contributed by atoms with Crippen LogP contribution in [0.5, 0.6) is 0 Å². The van der Waals surface area contributed by atoms with E-state index in [2.05, 4.69) is 16.9 Å². The molecular formula is C17H20N4O. The van der Waals surface area contributed by atoms with Gasteiger partial charge in [-0.3, -0.25) is 9.78 Å².